The van der Waals surface area contributed by atoms with Crippen LogP contribution in [0.2, 0.25) is 0 Å². The van der Waals surface area contributed by atoms with E-state index in [0.717, 1.165) is 73.6 Å². The van der Waals surface area contributed by atoms with Gasteiger partial charge >= 0.3 is 0 Å². The highest BCUT2D eigenvalue weighted by Gasteiger charge is 2.25. The Bertz CT molecular complexity index is 1050. The molecule has 3 aromatic rings. The average molecular weight is 425 g/mol. The highest BCUT2D eigenvalue weighted by molar-refractivity contribution is 7.19. The summed E-state index contributed by atoms with van der Waals surface area (Å²) in [6, 6.07) is 8.22. The second-order valence-electron chi connectivity index (χ2n) is 8.06. The van der Waals surface area contributed by atoms with Crippen LogP contribution in [0.3, 0.4) is 0 Å². The van der Waals surface area contributed by atoms with Crippen molar-refractivity contribution in [3.05, 3.63) is 46.1 Å². The first-order valence-electron chi connectivity index (χ1n) is 10.7. The smallest absolute Gasteiger partial charge is 0.146 e. The molecular formula is C23H28N4O2S. The molecule has 0 radical (unpaired) electrons. The van der Waals surface area contributed by atoms with Crippen molar-refractivity contribution >= 4 is 27.4 Å². The molecule has 3 heterocycles. The highest BCUT2D eigenvalue weighted by atomic mass is 32.1. The molecule has 1 aliphatic carbocycles. The number of fused-ring (bicyclic) bond motifs is 3. The summed E-state index contributed by atoms with van der Waals surface area (Å²) < 4.78 is 11.1. The summed E-state index contributed by atoms with van der Waals surface area (Å²) >= 11 is 1.86. The summed E-state index contributed by atoms with van der Waals surface area (Å²) in [6.07, 6.45) is 3.55. The van der Waals surface area contributed by atoms with Gasteiger partial charge in [-0.05, 0) is 30.9 Å². The van der Waals surface area contributed by atoms with E-state index in [1.54, 1.807) is 7.11 Å². The van der Waals surface area contributed by atoms with Gasteiger partial charge in [-0.3, -0.25) is 4.90 Å². The van der Waals surface area contributed by atoms with E-state index < -0.39 is 0 Å². The van der Waals surface area contributed by atoms with E-state index in [1.165, 1.54) is 28.7 Å². The fraction of sp³-hybridized carbons (Fsp3) is 0.478. The van der Waals surface area contributed by atoms with Crippen LogP contribution < -0.4 is 9.64 Å². The van der Waals surface area contributed by atoms with E-state index in [2.05, 4.69) is 29.0 Å². The molecule has 0 saturated carbocycles. The molecule has 2 aromatic heterocycles. The Balaban J connectivity index is 1.52. The average Bonchev–Trinajstić information content (AvgIpc) is 3.35. The monoisotopic (exact) mass is 424 g/mol. The van der Waals surface area contributed by atoms with Gasteiger partial charge in [-0.25, -0.2) is 9.97 Å². The molecule has 0 spiro atoms. The quantitative estimate of drug-likeness (QED) is 0.602. The van der Waals surface area contributed by atoms with Gasteiger partial charge in [0, 0.05) is 37.1 Å². The van der Waals surface area contributed by atoms with Crippen molar-refractivity contribution in [2.45, 2.75) is 32.4 Å². The van der Waals surface area contributed by atoms with Gasteiger partial charge in [0.1, 0.15) is 22.2 Å². The lowest BCUT2D eigenvalue weighted by molar-refractivity contribution is 0.0331. The summed E-state index contributed by atoms with van der Waals surface area (Å²) in [6.45, 7) is 4.98. The van der Waals surface area contributed by atoms with E-state index in [-0.39, 0.29) is 0 Å². The number of ether oxygens (including phenoxy) is 2. The zero-order valence-corrected chi connectivity index (χ0v) is 18.5. The van der Waals surface area contributed by atoms with Crippen LogP contribution >= 0.6 is 11.3 Å². The first-order valence-corrected chi connectivity index (χ1v) is 11.5. The van der Waals surface area contributed by atoms with Crippen molar-refractivity contribution in [1.82, 2.24) is 14.9 Å². The van der Waals surface area contributed by atoms with Gasteiger partial charge in [-0.2, -0.15) is 0 Å². The SMILES string of the molecule is COc1ccccc1CN(C)c1nc(CN2CCOCC2)nc2sc3c(c12)CCC3. The fourth-order valence-electron chi connectivity index (χ4n) is 4.49. The van der Waals surface area contributed by atoms with Crippen LogP contribution in [0.5, 0.6) is 5.75 Å². The number of hydrogen-bond acceptors (Lipinski definition) is 7. The molecule has 1 saturated heterocycles. The number of hydrogen-bond donors (Lipinski definition) is 0. The van der Waals surface area contributed by atoms with Gasteiger partial charge in [0.25, 0.3) is 0 Å². The third kappa shape index (κ3) is 3.77. The number of anilines is 1. The molecule has 0 amide bonds. The van der Waals surface area contributed by atoms with Crippen LogP contribution in [0, 0.1) is 0 Å². The lowest BCUT2D eigenvalue weighted by Gasteiger charge is -2.26. The molecule has 1 aliphatic heterocycles. The number of thiophene rings is 1. The number of aryl methyl sites for hydroxylation is 2. The number of nitrogens with zero attached hydrogens (tertiary/aromatic N) is 4. The molecule has 158 valence electrons. The zero-order chi connectivity index (χ0) is 20.5. The van der Waals surface area contributed by atoms with Crippen LogP contribution in [0.25, 0.3) is 10.2 Å². The second-order valence-corrected chi connectivity index (χ2v) is 9.14. The van der Waals surface area contributed by atoms with Crippen LogP contribution in [0.4, 0.5) is 5.82 Å². The maximum atomic E-state index is 5.58. The highest BCUT2D eigenvalue weighted by Crippen LogP contribution is 2.41. The Morgan fingerprint density at radius 1 is 1.17 bits per heavy atom. The van der Waals surface area contributed by atoms with Crippen molar-refractivity contribution in [3.63, 3.8) is 0 Å². The van der Waals surface area contributed by atoms with Gasteiger partial charge in [-0.15, -0.1) is 11.3 Å². The van der Waals surface area contributed by atoms with E-state index >= 15 is 0 Å². The lowest BCUT2D eigenvalue weighted by atomic mass is 10.1. The minimum atomic E-state index is 0.748. The van der Waals surface area contributed by atoms with Crippen molar-refractivity contribution in [2.24, 2.45) is 0 Å². The Labute approximate surface area is 181 Å². The summed E-state index contributed by atoms with van der Waals surface area (Å²) in [7, 11) is 3.86. The van der Waals surface area contributed by atoms with Gasteiger partial charge in [-0.1, -0.05) is 18.2 Å². The fourth-order valence-corrected chi connectivity index (χ4v) is 5.76. The van der Waals surface area contributed by atoms with E-state index in [4.69, 9.17) is 19.4 Å². The summed E-state index contributed by atoms with van der Waals surface area (Å²) in [5, 5.41) is 1.26. The van der Waals surface area contributed by atoms with E-state index in [0.29, 0.717) is 0 Å². The Morgan fingerprint density at radius 3 is 2.83 bits per heavy atom. The summed E-state index contributed by atoms with van der Waals surface area (Å²) in [5.74, 6) is 2.87. The molecule has 7 heteroatoms. The molecule has 30 heavy (non-hydrogen) atoms. The second kappa shape index (κ2) is 8.49. The van der Waals surface area contributed by atoms with Crippen molar-refractivity contribution in [1.29, 1.82) is 0 Å². The molecule has 0 N–H and O–H groups in total. The first-order chi connectivity index (χ1) is 14.7. The molecule has 0 bridgehead atoms. The topological polar surface area (TPSA) is 50.7 Å². The molecule has 0 atom stereocenters. The van der Waals surface area contributed by atoms with Gasteiger partial charge in [0.15, 0.2) is 0 Å². The number of benzene rings is 1. The van der Waals surface area contributed by atoms with Gasteiger partial charge in [0.2, 0.25) is 0 Å². The normalized spacial score (nSPS) is 16.7. The van der Waals surface area contributed by atoms with Crippen LogP contribution in [-0.4, -0.2) is 55.3 Å². The Hall–Kier alpha value is -2.22. The molecule has 1 fully saturated rings. The van der Waals surface area contributed by atoms with Gasteiger partial charge in [0.05, 0.1) is 32.3 Å². The minimum Gasteiger partial charge on any atom is -0.496 e. The number of morpholine rings is 1. The molecule has 1 aromatic carbocycles. The van der Waals surface area contributed by atoms with Crippen molar-refractivity contribution in [3.8, 4) is 5.75 Å². The minimum absolute atomic E-state index is 0.748. The maximum Gasteiger partial charge on any atom is 0.146 e. The molecule has 5 rings (SSSR count). The van der Waals surface area contributed by atoms with Crippen LogP contribution in [0.15, 0.2) is 24.3 Å². The number of rotatable bonds is 6. The van der Waals surface area contributed by atoms with Crippen molar-refractivity contribution in [2.75, 3.05) is 45.4 Å². The Kier molecular flexibility index (Phi) is 5.58. The molecule has 2 aliphatic rings. The first kappa shape index (κ1) is 19.7. The number of methoxy groups -OCH3 is 1. The van der Waals surface area contributed by atoms with Gasteiger partial charge < -0.3 is 14.4 Å². The predicted molar refractivity (Wildman–Crippen MR) is 121 cm³/mol. The number of aromatic nitrogens is 2. The van der Waals surface area contributed by atoms with Crippen LogP contribution in [-0.2, 0) is 30.7 Å². The third-order valence-corrected chi connectivity index (χ3v) is 7.21. The van der Waals surface area contributed by atoms with Crippen molar-refractivity contribution < 1.29 is 9.47 Å². The molecule has 0 unspecified atom stereocenters. The standard InChI is InChI=1S/C23H28N4O2S/c1-26(14-16-6-3-4-8-18(16)28-2)22-21-17-7-5-9-19(17)30-23(21)25-20(24-22)15-27-10-12-29-13-11-27/h3-4,6,8H,5,7,9-15H2,1-2H3. The third-order valence-electron chi connectivity index (χ3n) is 6.02. The Morgan fingerprint density at radius 2 is 2.00 bits per heavy atom. The number of para-hydroxylation sites is 1. The van der Waals surface area contributed by atoms with E-state index in [9.17, 15) is 0 Å². The molecule has 6 nitrogen and oxygen atoms in total. The zero-order valence-electron chi connectivity index (χ0n) is 17.7. The summed E-state index contributed by atoms with van der Waals surface area (Å²) in [4.78, 5) is 17.4. The van der Waals surface area contributed by atoms with E-state index in [1.807, 2.05) is 23.5 Å². The largest absolute Gasteiger partial charge is 0.496 e. The molecular weight excluding hydrogens is 396 g/mol. The summed E-state index contributed by atoms with van der Waals surface area (Å²) in [5.41, 5.74) is 2.63. The maximum absolute atomic E-state index is 5.58. The lowest BCUT2D eigenvalue weighted by Crippen LogP contribution is -2.36. The van der Waals surface area contributed by atoms with Crippen LogP contribution in [0.1, 0.15) is 28.2 Å². The predicted octanol–water partition coefficient (Wildman–Crippen LogP) is 3.66.